The van der Waals surface area contributed by atoms with Crippen molar-refractivity contribution < 1.29 is 0 Å². The van der Waals surface area contributed by atoms with E-state index in [1.807, 2.05) is 13.8 Å². The van der Waals surface area contributed by atoms with Crippen LogP contribution in [0.4, 0.5) is 0 Å². The molecule has 127 valence electrons. The second-order valence-corrected chi connectivity index (χ2v) is 6.20. The van der Waals surface area contributed by atoms with E-state index in [0.717, 1.165) is 5.19 Å². The summed E-state index contributed by atoms with van der Waals surface area (Å²) in [5, 5.41) is 3.69. The largest absolute Gasteiger partial charge is 0.309 e. The van der Waals surface area contributed by atoms with Crippen LogP contribution >= 0.6 is 0 Å². The molecule has 0 bridgehead atoms. The molecule has 0 saturated carbocycles. The zero-order valence-corrected chi connectivity index (χ0v) is 16.6. The summed E-state index contributed by atoms with van der Waals surface area (Å²) >= 11 is 0. The van der Waals surface area contributed by atoms with E-state index >= 15 is 0 Å². The van der Waals surface area contributed by atoms with Crippen molar-refractivity contribution >= 4 is 37.2 Å². The van der Waals surface area contributed by atoms with Crippen molar-refractivity contribution in [2.75, 3.05) is 0 Å². The third kappa shape index (κ3) is 4.02. The Balaban J connectivity index is 0.000000410. The first-order valence-electron chi connectivity index (χ1n) is 9.06. The first-order valence-corrected chi connectivity index (χ1v) is 9.56. The SMILES string of the molecule is CC.CCC.[Si]c1ccc(-n2c3ccccc3c3ccccc32)cc1. The van der Waals surface area contributed by atoms with E-state index in [1.54, 1.807) is 0 Å². The summed E-state index contributed by atoms with van der Waals surface area (Å²) in [6, 6.07) is 25.6. The van der Waals surface area contributed by atoms with Crippen LogP contribution in [0.5, 0.6) is 0 Å². The zero-order valence-electron chi connectivity index (χ0n) is 15.6. The molecule has 4 aromatic rings. The van der Waals surface area contributed by atoms with Gasteiger partial charge in [-0.15, -0.1) is 0 Å². The van der Waals surface area contributed by atoms with Gasteiger partial charge in [-0.3, -0.25) is 0 Å². The molecule has 1 heterocycles. The van der Waals surface area contributed by atoms with Gasteiger partial charge in [-0.1, -0.05) is 87.8 Å². The molecule has 0 unspecified atom stereocenters. The molecule has 0 N–H and O–H groups in total. The van der Waals surface area contributed by atoms with Gasteiger partial charge in [0.05, 0.1) is 21.3 Å². The Morgan fingerprint density at radius 3 is 1.52 bits per heavy atom. The Labute approximate surface area is 154 Å². The molecule has 0 amide bonds. The van der Waals surface area contributed by atoms with Crippen molar-refractivity contribution in [3.8, 4) is 5.69 Å². The van der Waals surface area contributed by atoms with Crippen LogP contribution in [0, 0.1) is 0 Å². The minimum atomic E-state index is 1.09. The molecule has 0 spiro atoms. The average molecular weight is 345 g/mol. The maximum atomic E-state index is 3.55. The molecule has 4 rings (SSSR count). The first kappa shape index (κ1) is 19.0. The molecule has 25 heavy (non-hydrogen) atoms. The predicted molar refractivity (Wildman–Crippen MR) is 113 cm³/mol. The molecular formula is C23H26NSi. The number of fused-ring (bicyclic) bond motifs is 3. The molecule has 1 nitrogen and oxygen atoms in total. The highest BCUT2D eigenvalue weighted by molar-refractivity contribution is 6.32. The molecule has 0 fully saturated rings. The molecule has 0 aliphatic carbocycles. The summed E-state index contributed by atoms with van der Waals surface area (Å²) < 4.78 is 2.32. The molecule has 0 aliphatic rings. The summed E-state index contributed by atoms with van der Waals surface area (Å²) in [6.45, 7) is 8.25. The van der Waals surface area contributed by atoms with E-state index in [0.29, 0.717) is 0 Å². The normalized spacial score (nSPS) is 9.96. The van der Waals surface area contributed by atoms with Gasteiger partial charge < -0.3 is 4.57 Å². The van der Waals surface area contributed by atoms with Gasteiger partial charge in [0.15, 0.2) is 0 Å². The second kappa shape index (κ2) is 9.24. The fourth-order valence-corrected chi connectivity index (χ4v) is 2.98. The van der Waals surface area contributed by atoms with Crippen LogP contribution in [0.2, 0.25) is 0 Å². The van der Waals surface area contributed by atoms with Gasteiger partial charge in [-0.25, -0.2) is 0 Å². The Kier molecular flexibility index (Phi) is 7.02. The van der Waals surface area contributed by atoms with E-state index in [9.17, 15) is 0 Å². The van der Waals surface area contributed by atoms with Gasteiger partial charge in [0.2, 0.25) is 0 Å². The van der Waals surface area contributed by atoms with Crippen molar-refractivity contribution in [1.29, 1.82) is 0 Å². The fraction of sp³-hybridized carbons (Fsp3) is 0.217. The number of rotatable bonds is 1. The number of hydrogen-bond donors (Lipinski definition) is 0. The van der Waals surface area contributed by atoms with E-state index in [-0.39, 0.29) is 0 Å². The van der Waals surface area contributed by atoms with Crippen molar-refractivity contribution in [2.45, 2.75) is 34.1 Å². The highest BCUT2D eigenvalue weighted by atomic mass is 28.1. The van der Waals surface area contributed by atoms with Crippen LogP contribution in [0.1, 0.15) is 34.1 Å². The number of para-hydroxylation sites is 2. The number of aromatic nitrogens is 1. The van der Waals surface area contributed by atoms with Crippen molar-refractivity contribution in [1.82, 2.24) is 4.57 Å². The van der Waals surface area contributed by atoms with Crippen LogP contribution in [0.15, 0.2) is 72.8 Å². The summed E-state index contributed by atoms with van der Waals surface area (Å²) in [6.07, 6.45) is 1.25. The maximum absolute atomic E-state index is 3.55. The van der Waals surface area contributed by atoms with Gasteiger partial charge in [0.25, 0.3) is 0 Å². The van der Waals surface area contributed by atoms with Gasteiger partial charge in [0, 0.05) is 16.5 Å². The van der Waals surface area contributed by atoms with Gasteiger partial charge in [-0.05, 0) is 24.3 Å². The fourth-order valence-electron chi connectivity index (χ4n) is 2.81. The van der Waals surface area contributed by atoms with Gasteiger partial charge in [0.1, 0.15) is 0 Å². The van der Waals surface area contributed by atoms with Crippen LogP contribution in [-0.4, -0.2) is 14.8 Å². The summed E-state index contributed by atoms with van der Waals surface area (Å²) in [4.78, 5) is 0. The van der Waals surface area contributed by atoms with Gasteiger partial charge in [-0.2, -0.15) is 0 Å². The van der Waals surface area contributed by atoms with E-state index < -0.39 is 0 Å². The van der Waals surface area contributed by atoms with E-state index in [2.05, 4.69) is 101 Å². The van der Waals surface area contributed by atoms with Crippen molar-refractivity contribution in [3.05, 3.63) is 72.8 Å². The molecular weight excluding hydrogens is 318 g/mol. The van der Waals surface area contributed by atoms with Gasteiger partial charge >= 0.3 is 0 Å². The molecule has 1 aromatic heterocycles. The Morgan fingerprint density at radius 2 is 1.08 bits per heavy atom. The third-order valence-corrected chi connectivity index (χ3v) is 4.04. The predicted octanol–water partition coefficient (Wildman–Crippen LogP) is 6.02. The topological polar surface area (TPSA) is 4.93 Å². The molecule has 3 aromatic carbocycles. The second-order valence-electron chi connectivity index (χ2n) is 5.62. The van der Waals surface area contributed by atoms with Crippen LogP contribution in [0.25, 0.3) is 27.5 Å². The highest BCUT2D eigenvalue weighted by Gasteiger charge is 2.10. The average Bonchev–Trinajstić information content (AvgIpc) is 3.00. The molecule has 2 heteroatoms. The molecule has 3 radical (unpaired) electrons. The minimum Gasteiger partial charge on any atom is -0.309 e. The summed E-state index contributed by atoms with van der Waals surface area (Å²) in [5.74, 6) is 0. The van der Waals surface area contributed by atoms with E-state index in [4.69, 9.17) is 0 Å². The van der Waals surface area contributed by atoms with Crippen LogP contribution in [0.3, 0.4) is 0 Å². The number of benzene rings is 3. The van der Waals surface area contributed by atoms with E-state index in [1.165, 1.54) is 33.9 Å². The number of nitrogens with zero attached hydrogens (tertiary/aromatic N) is 1. The van der Waals surface area contributed by atoms with Crippen LogP contribution < -0.4 is 5.19 Å². The standard InChI is InChI=1S/C18H12NSi.C3H8.C2H6/c20-14-11-9-13(10-12-14)19-17-7-3-1-5-15(17)16-6-2-4-8-18(16)19;1-3-2;1-2/h1-12H;3H2,1-2H3;1-2H3. The number of hydrogen-bond acceptors (Lipinski definition) is 0. The maximum Gasteiger partial charge on any atom is 0.0711 e. The smallest absolute Gasteiger partial charge is 0.0711 e. The van der Waals surface area contributed by atoms with Crippen LogP contribution in [-0.2, 0) is 0 Å². The first-order chi connectivity index (χ1) is 12.3. The zero-order chi connectivity index (χ0) is 18.2. The Morgan fingerprint density at radius 1 is 0.680 bits per heavy atom. The summed E-state index contributed by atoms with van der Waals surface area (Å²) in [7, 11) is 3.55. The third-order valence-electron chi connectivity index (χ3n) is 3.71. The molecule has 0 saturated heterocycles. The lowest BCUT2D eigenvalue weighted by atomic mass is 10.2. The Bertz CT molecular complexity index is 867. The van der Waals surface area contributed by atoms with Crippen molar-refractivity contribution in [2.24, 2.45) is 0 Å². The quantitative estimate of drug-likeness (QED) is 0.372. The summed E-state index contributed by atoms with van der Waals surface area (Å²) in [5.41, 5.74) is 3.68. The lowest BCUT2D eigenvalue weighted by Gasteiger charge is -2.07. The Hall–Kier alpha value is -2.32. The monoisotopic (exact) mass is 344 g/mol. The highest BCUT2D eigenvalue weighted by Crippen LogP contribution is 2.31. The molecule has 0 atom stereocenters. The minimum absolute atomic E-state index is 1.09. The molecule has 0 aliphatic heterocycles. The van der Waals surface area contributed by atoms with Crippen molar-refractivity contribution in [3.63, 3.8) is 0 Å². The lowest BCUT2D eigenvalue weighted by molar-refractivity contribution is 1.09. The lowest BCUT2D eigenvalue weighted by Crippen LogP contribution is -2.02.